The number of ether oxygens (including phenoxy) is 2. The van der Waals surface area contributed by atoms with Crippen LogP contribution in [0.5, 0.6) is 0 Å². The molecular formula is C33H45ClN2O6. The number of likely N-dealkylation sites (tertiary alicyclic amines) is 1. The molecule has 0 saturated carbocycles. The number of benzene rings is 1. The van der Waals surface area contributed by atoms with Crippen LogP contribution in [0.25, 0.3) is 0 Å². The lowest BCUT2D eigenvalue weighted by molar-refractivity contribution is -0.162. The summed E-state index contributed by atoms with van der Waals surface area (Å²) < 4.78 is 12.5. The minimum absolute atomic E-state index is 0.130. The quantitative estimate of drug-likeness (QED) is 0.192. The summed E-state index contributed by atoms with van der Waals surface area (Å²) in [5.74, 6) is -3.01. The van der Waals surface area contributed by atoms with Gasteiger partial charge in [0.15, 0.2) is 0 Å². The van der Waals surface area contributed by atoms with E-state index in [0.29, 0.717) is 36.4 Å². The summed E-state index contributed by atoms with van der Waals surface area (Å²) in [7, 11) is 0. The maximum absolute atomic E-state index is 14.9. The van der Waals surface area contributed by atoms with Crippen LogP contribution in [0.4, 0.5) is 5.69 Å². The highest BCUT2D eigenvalue weighted by molar-refractivity contribution is 6.34. The van der Waals surface area contributed by atoms with Gasteiger partial charge in [-0.15, -0.1) is 13.2 Å². The molecule has 7 atom stereocenters. The van der Waals surface area contributed by atoms with Gasteiger partial charge in [0.1, 0.15) is 17.6 Å². The number of allylic oxidation sites excluding steroid dienone is 1. The largest absolute Gasteiger partial charge is 0.465 e. The zero-order chi connectivity index (χ0) is 31.0. The monoisotopic (exact) mass is 600 g/mol. The molecule has 1 aromatic rings. The number of carbonyl (C=O) groups excluding carboxylic acids is 3. The first kappa shape index (κ1) is 32.2. The van der Waals surface area contributed by atoms with Gasteiger partial charge in [-0.25, -0.2) is 0 Å². The smallest absolute Gasteiger partial charge is 0.312 e. The Balaban J connectivity index is 1.86. The molecule has 0 aromatic heterocycles. The van der Waals surface area contributed by atoms with Crippen LogP contribution in [-0.4, -0.2) is 70.8 Å². The number of carbonyl (C=O) groups is 3. The number of esters is 1. The summed E-state index contributed by atoms with van der Waals surface area (Å²) in [4.78, 5) is 46.2. The number of rotatable bonds is 13. The Morgan fingerprint density at radius 1 is 1.31 bits per heavy atom. The topological polar surface area (TPSA) is 96.4 Å². The lowest BCUT2D eigenvalue weighted by Gasteiger charge is -2.40. The molecule has 0 aliphatic carbocycles. The Morgan fingerprint density at radius 3 is 2.62 bits per heavy atom. The maximum atomic E-state index is 14.9. The van der Waals surface area contributed by atoms with Crippen LogP contribution in [0.3, 0.4) is 0 Å². The number of para-hydroxylation sites is 1. The van der Waals surface area contributed by atoms with Crippen LogP contribution in [0.2, 0.25) is 5.02 Å². The zero-order valence-electron chi connectivity index (χ0n) is 25.5. The standard InChI is InChI=1S/C33H45ClN2O6/c1-8-10-11-16-41-31(40)26-25-29(38)36(23(19-37)17-20(3)4)28(33(25)18-22(6)32(26,7)42-33)30(39)35(15-9-2)27-21(5)13-12-14-24(27)34/h8-9,12-14,20,22-23,25-26,28,37H,1-2,10-11,15-19H2,3-7H3/t22?,23-,25+,26+,28?,32-,33?/m1/s1. The number of anilines is 1. The van der Waals surface area contributed by atoms with Crippen LogP contribution in [0, 0.1) is 30.6 Å². The molecule has 230 valence electrons. The zero-order valence-corrected chi connectivity index (χ0v) is 26.2. The van der Waals surface area contributed by atoms with Crippen molar-refractivity contribution in [2.45, 2.75) is 83.6 Å². The maximum Gasteiger partial charge on any atom is 0.312 e. The van der Waals surface area contributed by atoms with Crippen LogP contribution in [-0.2, 0) is 23.9 Å². The second kappa shape index (κ2) is 12.5. The lowest BCUT2D eigenvalue weighted by atomic mass is 9.62. The minimum atomic E-state index is -1.27. The van der Waals surface area contributed by atoms with Crippen molar-refractivity contribution in [2.24, 2.45) is 23.7 Å². The molecule has 3 unspecified atom stereocenters. The fraction of sp³-hybridized carbons (Fsp3) is 0.606. The fourth-order valence-electron chi connectivity index (χ4n) is 7.55. The van der Waals surface area contributed by atoms with Crippen LogP contribution in [0.15, 0.2) is 43.5 Å². The first-order valence-corrected chi connectivity index (χ1v) is 15.3. The number of hydrogen-bond donors (Lipinski definition) is 1. The molecule has 3 heterocycles. The number of amides is 2. The molecular weight excluding hydrogens is 556 g/mol. The molecule has 1 N–H and O–H groups in total. The Kier molecular flexibility index (Phi) is 9.60. The molecule has 42 heavy (non-hydrogen) atoms. The lowest BCUT2D eigenvalue weighted by Crippen LogP contribution is -2.59. The van der Waals surface area contributed by atoms with Gasteiger partial charge < -0.3 is 24.4 Å². The van der Waals surface area contributed by atoms with Crippen LogP contribution >= 0.6 is 11.6 Å². The molecule has 3 saturated heterocycles. The third kappa shape index (κ3) is 5.20. The summed E-state index contributed by atoms with van der Waals surface area (Å²) in [5.41, 5.74) is -0.935. The van der Waals surface area contributed by atoms with Crippen molar-refractivity contribution in [3.8, 4) is 0 Å². The van der Waals surface area contributed by atoms with Gasteiger partial charge in [-0.05, 0) is 63.0 Å². The third-order valence-corrected chi connectivity index (χ3v) is 9.73. The molecule has 4 rings (SSSR count). The molecule has 8 nitrogen and oxygen atoms in total. The number of halogens is 1. The van der Waals surface area contributed by atoms with Gasteiger partial charge in [0, 0.05) is 6.54 Å². The molecule has 0 radical (unpaired) electrons. The molecule has 2 amide bonds. The van der Waals surface area contributed by atoms with Crippen molar-refractivity contribution in [1.29, 1.82) is 0 Å². The number of hydrogen-bond acceptors (Lipinski definition) is 6. The predicted molar refractivity (Wildman–Crippen MR) is 163 cm³/mol. The molecule has 1 spiro atoms. The van der Waals surface area contributed by atoms with Gasteiger partial charge in [-0.3, -0.25) is 14.4 Å². The van der Waals surface area contributed by atoms with Crippen LogP contribution in [0.1, 0.15) is 58.9 Å². The fourth-order valence-corrected chi connectivity index (χ4v) is 7.87. The highest BCUT2D eigenvalue weighted by Crippen LogP contribution is 2.66. The van der Waals surface area contributed by atoms with Gasteiger partial charge >= 0.3 is 5.97 Å². The summed E-state index contributed by atoms with van der Waals surface area (Å²) in [5, 5.41) is 11.0. The third-order valence-electron chi connectivity index (χ3n) is 9.42. The normalized spacial score (nSPS) is 30.4. The average molecular weight is 601 g/mol. The molecule has 2 bridgehead atoms. The van der Waals surface area contributed by atoms with Crippen molar-refractivity contribution in [1.82, 2.24) is 4.90 Å². The first-order chi connectivity index (χ1) is 19.9. The van der Waals surface area contributed by atoms with E-state index in [9.17, 15) is 19.5 Å². The summed E-state index contributed by atoms with van der Waals surface area (Å²) in [6.07, 6.45) is 5.60. The van der Waals surface area contributed by atoms with E-state index in [2.05, 4.69) is 13.2 Å². The van der Waals surface area contributed by atoms with Gasteiger partial charge in [-0.2, -0.15) is 0 Å². The SMILES string of the molecule is C=CCCCOC(=O)[C@@H]1[C@H]2C(=O)N([C@@H](CO)CC(C)C)C(C(=O)N(CC=C)c3c(C)cccc3Cl)C23CC(C)[C@@]1(C)O3. The number of aliphatic hydroxyl groups is 1. The Bertz CT molecular complexity index is 1210. The van der Waals surface area contributed by atoms with E-state index in [1.165, 1.54) is 4.90 Å². The van der Waals surface area contributed by atoms with E-state index in [1.54, 1.807) is 23.1 Å². The highest BCUT2D eigenvalue weighted by atomic mass is 35.5. The summed E-state index contributed by atoms with van der Waals surface area (Å²) >= 11 is 6.66. The Hall–Kier alpha value is -2.68. The number of nitrogens with zero attached hydrogens (tertiary/aromatic N) is 2. The molecule has 3 aliphatic heterocycles. The number of aliphatic hydroxyl groups excluding tert-OH is 1. The minimum Gasteiger partial charge on any atom is -0.465 e. The average Bonchev–Trinajstić information content (AvgIpc) is 3.45. The van der Waals surface area contributed by atoms with Gasteiger partial charge in [0.25, 0.3) is 5.91 Å². The van der Waals surface area contributed by atoms with E-state index < -0.39 is 41.1 Å². The van der Waals surface area contributed by atoms with Crippen molar-refractivity contribution >= 4 is 35.1 Å². The number of unbranched alkanes of at least 4 members (excludes halogenated alkanes) is 1. The van der Waals surface area contributed by atoms with Crippen molar-refractivity contribution in [3.63, 3.8) is 0 Å². The summed E-state index contributed by atoms with van der Waals surface area (Å²) in [6.45, 7) is 17.4. The van der Waals surface area contributed by atoms with Gasteiger partial charge in [0.05, 0.1) is 41.5 Å². The second-order valence-electron chi connectivity index (χ2n) is 12.7. The van der Waals surface area contributed by atoms with Crippen molar-refractivity contribution < 1.29 is 29.0 Å². The predicted octanol–water partition coefficient (Wildman–Crippen LogP) is 5.09. The van der Waals surface area contributed by atoms with Gasteiger partial charge in [-0.1, -0.05) is 56.7 Å². The molecule has 1 aromatic carbocycles. The Morgan fingerprint density at radius 2 is 2.02 bits per heavy atom. The van der Waals surface area contributed by atoms with E-state index in [0.717, 1.165) is 5.56 Å². The van der Waals surface area contributed by atoms with Crippen molar-refractivity contribution in [2.75, 3.05) is 24.7 Å². The first-order valence-electron chi connectivity index (χ1n) is 15.0. The molecule has 3 aliphatic rings. The van der Waals surface area contributed by atoms with Gasteiger partial charge in [0.2, 0.25) is 5.91 Å². The van der Waals surface area contributed by atoms with Crippen molar-refractivity contribution in [3.05, 3.63) is 54.1 Å². The summed E-state index contributed by atoms with van der Waals surface area (Å²) in [6, 6.07) is 3.69. The molecule has 3 fully saturated rings. The second-order valence-corrected chi connectivity index (χ2v) is 13.1. The van der Waals surface area contributed by atoms with E-state index >= 15 is 0 Å². The van der Waals surface area contributed by atoms with E-state index in [1.807, 2.05) is 46.8 Å². The number of fused-ring (bicyclic) bond motifs is 1. The molecule has 9 heteroatoms. The van der Waals surface area contributed by atoms with Crippen LogP contribution < -0.4 is 4.90 Å². The number of aryl methyl sites for hydroxylation is 1. The highest BCUT2D eigenvalue weighted by Gasteiger charge is 2.80. The van der Waals surface area contributed by atoms with E-state index in [-0.39, 0.29) is 43.4 Å². The Labute approximate surface area is 254 Å². The van der Waals surface area contributed by atoms with E-state index in [4.69, 9.17) is 21.1 Å².